The molecule has 0 amide bonds. The molecule has 0 aliphatic carbocycles. The van der Waals surface area contributed by atoms with Gasteiger partial charge >= 0.3 is 11.9 Å². The molecule has 0 fully saturated rings. The lowest BCUT2D eigenvalue weighted by Gasteiger charge is -1.92. The fraction of sp³-hybridized carbons (Fsp3) is 0.200. The highest BCUT2D eigenvalue weighted by atomic mass is 16.5. The number of allylic oxidation sites excluding steroid dienone is 2. The summed E-state index contributed by atoms with van der Waals surface area (Å²) in [4.78, 5) is 21.6. The van der Waals surface area contributed by atoms with E-state index in [-0.39, 0.29) is 0 Å². The number of carbonyl (C=O) groups is 2. The van der Waals surface area contributed by atoms with Crippen LogP contribution in [-0.4, -0.2) is 11.9 Å². The Balaban J connectivity index is 3.91. The predicted molar refractivity (Wildman–Crippen MR) is 51.0 cm³/mol. The molecule has 0 spiro atoms. The average molecular weight is 196 g/mol. The van der Waals surface area contributed by atoms with E-state index in [2.05, 4.69) is 9.47 Å². The van der Waals surface area contributed by atoms with Gasteiger partial charge < -0.3 is 9.47 Å². The summed E-state index contributed by atoms with van der Waals surface area (Å²) in [6.07, 6.45) is 7.55. The third kappa shape index (κ3) is 6.84. The van der Waals surface area contributed by atoms with Gasteiger partial charge in [0.15, 0.2) is 0 Å². The molecular formula is C10H12O4. The highest BCUT2D eigenvalue weighted by Gasteiger charge is 1.96. The molecule has 14 heavy (non-hydrogen) atoms. The summed E-state index contributed by atoms with van der Waals surface area (Å²) in [5.41, 5.74) is 0. The van der Waals surface area contributed by atoms with Crippen molar-refractivity contribution in [2.45, 2.75) is 13.8 Å². The molecule has 0 radical (unpaired) electrons. The van der Waals surface area contributed by atoms with E-state index in [0.29, 0.717) is 0 Å². The minimum absolute atomic E-state index is 0.625. The van der Waals surface area contributed by atoms with Crippen LogP contribution in [-0.2, 0) is 19.1 Å². The molecule has 0 aromatic carbocycles. The van der Waals surface area contributed by atoms with Crippen LogP contribution in [0.4, 0.5) is 0 Å². The number of carbonyl (C=O) groups excluding carboxylic acids is 2. The van der Waals surface area contributed by atoms with E-state index in [4.69, 9.17) is 0 Å². The van der Waals surface area contributed by atoms with Crippen LogP contribution >= 0.6 is 0 Å². The zero-order valence-electron chi connectivity index (χ0n) is 8.10. The minimum Gasteiger partial charge on any atom is -0.432 e. The fourth-order valence-corrected chi connectivity index (χ4v) is 0.485. The second-order valence-electron chi connectivity index (χ2n) is 2.15. The van der Waals surface area contributed by atoms with Crippen molar-refractivity contribution in [1.82, 2.24) is 0 Å². The molecule has 0 rings (SSSR count). The van der Waals surface area contributed by atoms with E-state index < -0.39 is 11.9 Å². The van der Waals surface area contributed by atoms with Crippen molar-refractivity contribution in [2.24, 2.45) is 0 Å². The highest BCUT2D eigenvalue weighted by Crippen LogP contribution is 1.87. The van der Waals surface area contributed by atoms with E-state index in [1.807, 2.05) is 0 Å². The Bertz CT molecular complexity index is 246. The lowest BCUT2D eigenvalue weighted by atomic mass is 10.5. The molecule has 0 bridgehead atoms. The molecular weight excluding hydrogens is 184 g/mol. The van der Waals surface area contributed by atoms with Crippen molar-refractivity contribution in [2.75, 3.05) is 0 Å². The largest absolute Gasteiger partial charge is 0.432 e. The Morgan fingerprint density at radius 2 is 1.21 bits per heavy atom. The summed E-state index contributed by atoms with van der Waals surface area (Å²) in [5.74, 6) is -1.25. The quantitative estimate of drug-likeness (QED) is 0.390. The van der Waals surface area contributed by atoms with Crippen LogP contribution in [0, 0.1) is 0 Å². The van der Waals surface area contributed by atoms with Crippen LogP contribution < -0.4 is 0 Å². The minimum atomic E-state index is -0.625. The second kappa shape index (κ2) is 7.79. The Morgan fingerprint density at radius 3 is 1.50 bits per heavy atom. The molecule has 76 valence electrons. The molecule has 0 atom stereocenters. The molecule has 4 heteroatoms. The average Bonchev–Trinajstić information content (AvgIpc) is 2.20. The van der Waals surface area contributed by atoms with Crippen molar-refractivity contribution in [3.63, 3.8) is 0 Å². The van der Waals surface area contributed by atoms with Crippen molar-refractivity contribution >= 4 is 11.9 Å². The van der Waals surface area contributed by atoms with Gasteiger partial charge in [-0.05, 0) is 13.8 Å². The topological polar surface area (TPSA) is 52.6 Å². The summed E-state index contributed by atoms with van der Waals surface area (Å²) < 4.78 is 9.03. The Kier molecular flexibility index (Phi) is 6.77. The third-order valence-electron chi connectivity index (χ3n) is 0.996. The SMILES string of the molecule is C/C=C/OC(=O)/C=C\C(=O)O/C=C/C. The molecule has 0 unspecified atom stereocenters. The van der Waals surface area contributed by atoms with Crippen LogP contribution in [0.5, 0.6) is 0 Å². The number of hydrogen-bond acceptors (Lipinski definition) is 4. The van der Waals surface area contributed by atoms with Crippen molar-refractivity contribution in [3.8, 4) is 0 Å². The molecule has 4 nitrogen and oxygen atoms in total. The zero-order valence-corrected chi connectivity index (χ0v) is 8.10. The first-order valence-electron chi connectivity index (χ1n) is 4.02. The smallest absolute Gasteiger partial charge is 0.335 e. The fourth-order valence-electron chi connectivity index (χ4n) is 0.485. The summed E-state index contributed by atoms with van der Waals surface area (Å²) in [6.45, 7) is 3.41. The monoisotopic (exact) mass is 196 g/mol. The van der Waals surface area contributed by atoms with Gasteiger partial charge in [-0.1, -0.05) is 12.2 Å². The molecule has 0 saturated heterocycles. The van der Waals surface area contributed by atoms with Crippen molar-refractivity contribution in [1.29, 1.82) is 0 Å². The van der Waals surface area contributed by atoms with Gasteiger partial charge in [-0.15, -0.1) is 0 Å². The number of hydrogen-bond donors (Lipinski definition) is 0. The van der Waals surface area contributed by atoms with Gasteiger partial charge in [0, 0.05) is 12.2 Å². The van der Waals surface area contributed by atoms with Gasteiger partial charge in [-0.3, -0.25) is 0 Å². The molecule has 0 heterocycles. The Hall–Kier alpha value is -1.84. The molecule has 0 aliphatic rings. The summed E-state index contributed by atoms with van der Waals surface area (Å²) in [5, 5.41) is 0. The lowest BCUT2D eigenvalue weighted by molar-refractivity contribution is -0.135. The predicted octanol–water partition coefficient (Wildman–Crippen LogP) is 1.70. The highest BCUT2D eigenvalue weighted by molar-refractivity contribution is 5.92. The van der Waals surface area contributed by atoms with Crippen LogP contribution in [0.2, 0.25) is 0 Å². The van der Waals surface area contributed by atoms with Gasteiger partial charge in [0.05, 0.1) is 12.5 Å². The van der Waals surface area contributed by atoms with Gasteiger partial charge in [0.25, 0.3) is 0 Å². The van der Waals surface area contributed by atoms with Crippen LogP contribution in [0.25, 0.3) is 0 Å². The summed E-state index contributed by atoms with van der Waals surface area (Å²) >= 11 is 0. The van der Waals surface area contributed by atoms with Crippen LogP contribution in [0.1, 0.15) is 13.8 Å². The van der Waals surface area contributed by atoms with Gasteiger partial charge in [0.1, 0.15) is 0 Å². The lowest BCUT2D eigenvalue weighted by Crippen LogP contribution is -1.98. The molecule has 0 aliphatic heterocycles. The van der Waals surface area contributed by atoms with Crippen molar-refractivity contribution in [3.05, 3.63) is 36.8 Å². The number of ether oxygens (including phenoxy) is 2. The normalized spacial score (nSPS) is 11.3. The van der Waals surface area contributed by atoms with E-state index in [1.54, 1.807) is 26.0 Å². The first kappa shape index (κ1) is 12.2. The maximum absolute atomic E-state index is 10.8. The van der Waals surface area contributed by atoms with Crippen LogP contribution in [0.3, 0.4) is 0 Å². The molecule has 0 aromatic rings. The number of rotatable bonds is 4. The first-order chi connectivity index (χ1) is 6.70. The zero-order chi connectivity index (χ0) is 10.8. The van der Waals surface area contributed by atoms with E-state index in [1.165, 1.54) is 12.5 Å². The Labute approximate surface area is 82.5 Å². The number of esters is 2. The Morgan fingerprint density at radius 1 is 0.857 bits per heavy atom. The van der Waals surface area contributed by atoms with Gasteiger partial charge in [-0.2, -0.15) is 0 Å². The van der Waals surface area contributed by atoms with Gasteiger partial charge in [-0.25, -0.2) is 9.59 Å². The van der Waals surface area contributed by atoms with E-state index >= 15 is 0 Å². The second-order valence-corrected chi connectivity index (χ2v) is 2.15. The van der Waals surface area contributed by atoms with Crippen LogP contribution in [0.15, 0.2) is 36.8 Å². The van der Waals surface area contributed by atoms with Crippen molar-refractivity contribution < 1.29 is 19.1 Å². The molecule has 0 N–H and O–H groups in total. The third-order valence-corrected chi connectivity index (χ3v) is 0.996. The maximum atomic E-state index is 10.8. The first-order valence-corrected chi connectivity index (χ1v) is 4.02. The molecule has 0 aromatic heterocycles. The summed E-state index contributed by atoms with van der Waals surface area (Å²) in [6, 6.07) is 0. The maximum Gasteiger partial charge on any atom is 0.335 e. The molecule has 0 saturated carbocycles. The van der Waals surface area contributed by atoms with E-state index in [0.717, 1.165) is 12.2 Å². The van der Waals surface area contributed by atoms with Gasteiger partial charge in [0.2, 0.25) is 0 Å². The standard InChI is InChI=1S/C10H12O4/c1-3-7-13-9(11)5-6-10(12)14-8-4-2/h3-8H,1-2H3/b6-5-,7-3+,8-4+. The van der Waals surface area contributed by atoms with E-state index in [9.17, 15) is 9.59 Å². The summed E-state index contributed by atoms with van der Waals surface area (Å²) in [7, 11) is 0.